The van der Waals surface area contributed by atoms with E-state index < -0.39 is 0 Å². The Balaban J connectivity index is 0.000000172. The minimum absolute atomic E-state index is 0.121. The Hall–Kier alpha value is -5.02. The molecule has 0 bridgehead atoms. The summed E-state index contributed by atoms with van der Waals surface area (Å²) in [6, 6.07) is 37.6. The van der Waals surface area contributed by atoms with E-state index in [2.05, 4.69) is 21.0 Å². The largest absolute Gasteiger partial charge is 0.368 e. The number of aromatic nitrogens is 3. The molecule has 0 aliphatic heterocycles. The maximum atomic E-state index is 8.93. The number of hydrogen-bond acceptors (Lipinski definition) is 6. The molecule has 6 heteroatoms. The van der Waals surface area contributed by atoms with E-state index >= 15 is 0 Å². The average molecular weight is 443 g/mol. The summed E-state index contributed by atoms with van der Waals surface area (Å²) in [6.45, 7) is 0. The SMILES string of the molecule is N#Cc1ccccc1-c1ccccc1.Nc1nc(N)nc(-c2ccccc2-c2ccccc2)n1. The van der Waals surface area contributed by atoms with Gasteiger partial charge in [-0.05, 0) is 28.3 Å². The van der Waals surface area contributed by atoms with E-state index in [0.29, 0.717) is 5.82 Å². The van der Waals surface area contributed by atoms with E-state index in [-0.39, 0.29) is 11.9 Å². The van der Waals surface area contributed by atoms with E-state index in [1.807, 2.05) is 109 Å². The molecule has 6 nitrogen and oxygen atoms in total. The van der Waals surface area contributed by atoms with Crippen LogP contribution in [0.5, 0.6) is 0 Å². The Morgan fingerprint density at radius 1 is 0.500 bits per heavy atom. The Morgan fingerprint density at radius 2 is 0.941 bits per heavy atom. The van der Waals surface area contributed by atoms with Gasteiger partial charge in [-0.25, -0.2) is 0 Å². The van der Waals surface area contributed by atoms with Gasteiger partial charge in [0.1, 0.15) is 0 Å². The highest BCUT2D eigenvalue weighted by molar-refractivity contribution is 5.80. The molecule has 0 fully saturated rings. The van der Waals surface area contributed by atoms with Crippen molar-refractivity contribution in [2.45, 2.75) is 0 Å². The summed E-state index contributed by atoms with van der Waals surface area (Å²) in [4.78, 5) is 12.1. The molecule has 0 spiro atoms. The van der Waals surface area contributed by atoms with Crippen molar-refractivity contribution in [1.29, 1.82) is 5.26 Å². The number of nitrogen functional groups attached to an aromatic ring is 2. The molecule has 0 saturated heterocycles. The summed E-state index contributed by atoms with van der Waals surface area (Å²) >= 11 is 0. The molecular formula is C28H22N6. The zero-order valence-electron chi connectivity index (χ0n) is 18.3. The number of nitriles is 1. The molecule has 164 valence electrons. The van der Waals surface area contributed by atoms with E-state index in [1.165, 1.54) is 0 Å². The van der Waals surface area contributed by atoms with Crippen LogP contribution in [0.25, 0.3) is 33.6 Å². The third-order valence-electron chi connectivity index (χ3n) is 5.06. The lowest BCUT2D eigenvalue weighted by Crippen LogP contribution is -2.04. The molecule has 0 atom stereocenters. The fourth-order valence-corrected chi connectivity index (χ4v) is 3.53. The third kappa shape index (κ3) is 5.23. The Labute approximate surface area is 198 Å². The van der Waals surface area contributed by atoms with Gasteiger partial charge in [-0.1, -0.05) is 103 Å². The molecule has 4 N–H and O–H groups in total. The molecule has 0 amide bonds. The zero-order chi connectivity index (χ0) is 23.8. The molecule has 0 aliphatic rings. The number of rotatable bonds is 3. The van der Waals surface area contributed by atoms with Gasteiger partial charge in [-0.3, -0.25) is 0 Å². The second-order valence-corrected chi connectivity index (χ2v) is 7.31. The van der Waals surface area contributed by atoms with Crippen LogP contribution in [0.3, 0.4) is 0 Å². The second kappa shape index (κ2) is 10.5. The Bertz CT molecular complexity index is 1410. The molecular weight excluding hydrogens is 420 g/mol. The average Bonchev–Trinajstić information content (AvgIpc) is 2.89. The number of nitrogens with zero attached hydrogens (tertiary/aromatic N) is 4. The molecule has 34 heavy (non-hydrogen) atoms. The van der Waals surface area contributed by atoms with Gasteiger partial charge < -0.3 is 11.5 Å². The molecule has 5 rings (SSSR count). The second-order valence-electron chi connectivity index (χ2n) is 7.31. The number of benzene rings is 4. The molecule has 5 aromatic rings. The first-order valence-electron chi connectivity index (χ1n) is 10.6. The fourth-order valence-electron chi connectivity index (χ4n) is 3.53. The van der Waals surface area contributed by atoms with E-state index in [4.69, 9.17) is 16.7 Å². The summed E-state index contributed by atoms with van der Waals surface area (Å²) in [5, 5.41) is 8.93. The summed E-state index contributed by atoms with van der Waals surface area (Å²) in [5.74, 6) is 0.722. The van der Waals surface area contributed by atoms with Crippen LogP contribution in [-0.4, -0.2) is 15.0 Å². The number of hydrogen-bond donors (Lipinski definition) is 2. The van der Waals surface area contributed by atoms with Crippen molar-refractivity contribution in [2.75, 3.05) is 11.5 Å². The lowest BCUT2D eigenvalue weighted by Gasteiger charge is -2.09. The normalized spacial score (nSPS) is 9.97. The van der Waals surface area contributed by atoms with Gasteiger partial charge >= 0.3 is 0 Å². The summed E-state index contributed by atoms with van der Waals surface area (Å²) < 4.78 is 0. The molecule has 4 aromatic carbocycles. The van der Waals surface area contributed by atoms with Gasteiger partial charge in [0.05, 0.1) is 11.6 Å². The zero-order valence-corrected chi connectivity index (χ0v) is 18.3. The van der Waals surface area contributed by atoms with E-state index in [9.17, 15) is 0 Å². The summed E-state index contributed by atoms with van der Waals surface area (Å²) in [6.07, 6.45) is 0. The molecule has 0 saturated carbocycles. The van der Waals surface area contributed by atoms with Crippen LogP contribution in [0.4, 0.5) is 11.9 Å². The monoisotopic (exact) mass is 442 g/mol. The predicted octanol–water partition coefficient (Wildman–Crippen LogP) is 5.60. The lowest BCUT2D eigenvalue weighted by molar-refractivity contribution is 1.09. The van der Waals surface area contributed by atoms with Gasteiger partial charge in [0.15, 0.2) is 5.82 Å². The third-order valence-corrected chi connectivity index (χ3v) is 5.06. The highest BCUT2D eigenvalue weighted by Crippen LogP contribution is 2.30. The molecule has 1 aromatic heterocycles. The van der Waals surface area contributed by atoms with Crippen LogP contribution in [0.2, 0.25) is 0 Å². The first-order valence-corrected chi connectivity index (χ1v) is 10.6. The molecule has 0 aliphatic carbocycles. The molecule has 0 radical (unpaired) electrons. The van der Waals surface area contributed by atoms with E-state index in [0.717, 1.165) is 33.4 Å². The van der Waals surface area contributed by atoms with E-state index in [1.54, 1.807) is 0 Å². The highest BCUT2D eigenvalue weighted by Gasteiger charge is 2.11. The maximum Gasteiger partial charge on any atom is 0.225 e. The quantitative estimate of drug-likeness (QED) is 0.376. The van der Waals surface area contributed by atoms with Crippen LogP contribution in [0.1, 0.15) is 5.56 Å². The first kappa shape index (κ1) is 22.2. The Morgan fingerprint density at radius 3 is 1.50 bits per heavy atom. The fraction of sp³-hybridized carbons (Fsp3) is 0. The molecule has 0 unspecified atom stereocenters. The lowest BCUT2D eigenvalue weighted by atomic mass is 9.99. The minimum Gasteiger partial charge on any atom is -0.368 e. The number of nitrogens with two attached hydrogens (primary N) is 2. The predicted molar refractivity (Wildman–Crippen MR) is 136 cm³/mol. The standard InChI is InChI=1S/C15H13N5.C13H9N/c16-14-18-13(19-15(17)20-14)12-9-5-4-8-11(12)10-6-2-1-3-7-10;14-10-12-8-4-5-9-13(12)11-6-2-1-3-7-11/h1-9H,(H4,16,17,18,19,20);1-9H. The van der Waals surface area contributed by atoms with Crippen LogP contribution in [-0.2, 0) is 0 Å². The van der Waals surface area contributed by atoms with Gasteiger partial charge in [0.25, 0.3) is 0 Å². The van der Waals surface area contributed by atoms with Crippen molar-refractivity contribution >= 4 is 11.9 Å². The van der Waals surface area contributed by atoms with Crippen molar-refractivity contribution < 1.29 is 0 Å². The molecule has 1 heterocycles. The first-order chi connectivity index (χ1) is 16.7. The van der Waals surface area contributed by atoms with Crippen LogP contribution in [0, 0.1) is 11.3 Å². The van der Waals surface area contributed by atoms with Crippen molar-refractivity contribution in [3.05, 3.63) is 115 Å². The Kier molecular flexibility index (Phi) is 6.87. The van der Waals surface area contributed by atoms with Crippen LogP contribution < -0.4 is 11.5 Å². The smallest absolute Gasteiger partial charge is 0.225 e. The highest BCUT2D eigenvalue weighted by atomic mass is 15.1. The van der Waals surface area contributed by atoms with Crippen molar-refractivity contribution in [1.82, 2.24) is 15.0 Å². The summed E-state index contributed by atoms with van der Waals surface area (Å²) in [5.41, 5.74) is 17.1. The van der Waals surface area contributed by atoms with Crippen LogP contribution in [0.15, 0.2) is 109 Å². The van der Waals surface area contributed by atoms with Crippen LogP contribution >= 0.6 is 0 Å². The topological polar surface area (TPSA) is 114 Å². The van der Waals surface area contributed by atoms with Gasteiger partial charge in [0, 0.05) is 5.56 Å². The number of anilines is 2. The van der Waals surface area contributed by atoms with Crippen molar-refractivity contribution in [3.63, 3.8) is 0 Å². The maximum absolute atomic E-state index is 8.93. The van der Waals surface area contributed by atoms with Gasteiger partial charge in [0.2, 0.25) is 11.9 Å². The van der Waals surface area contributed by atoms with Gasteiger partial charge in [-0.2, -0.15) is 20.2 Å². The van der Waals surface area contributed by atoms with Crippen molar-refractivity contribution in [2.24, 2.45) is 0 Å². The summed E-state index contributed by atoms with van der Waals surface area (Å²) in [7, 11) is 0. The minimum atomic E-state index is 0.121. The van der Waals surface area contributed by atoms with Gasteiger partial charge in [-0.15, -0.1) is 0 Å². The van der Waals surface area contributed by atoms with Crippen molar-refractivity contribution in [3.8, 4) is 39.7 Å².